The number of imidazole rings is 1. The van der Waals surface area contributed by atoms with E-state index in [2.05, 4.69) is 20.9 Å². The van der Waals surface area contributed by atoms with Crippen LogP contribution >= 0.6 is 15.9 Å². The number of nitrogens with zero attached hydrogens (tertiary/aromatic N) is 2. The lowest BCUT2D eigenvalue weighted by Crippen LogP contribution is -2.07. The summed E-state index contributed by atoms with van der Waals surface area (Å²) in [5.74, 6) is 1.68. The van der Waals surface area contributed by atoms with Crippen LogP contribution in [0.25, 0.3) is 0 Å². The number of hydrogen-bond donors (Lipinski definition) is 1. The lowest BCUT2D eigenvalue weighted by atomic mass is 10.2. The van der Waals surface area contributed by atoms with Crippen molar-refractivity contribution in [2.45, 2.75) is 13.0 Å². The lowest BCUT2D eigenvalue weighted by Gasteiger charge is -2.11. The molecule has 0 spiro atoms. The predicted octanol–water partition coefficient (Wildman–Crippen LogP) is 2.30. The van der Waals surface area contributed by atoms with Gasteiger partial charge in [-0.15, -0.1) is 0 Å². The van der Waals surface area contributed by atoms with Crippen molar-refractivity contribution in [3.63, 3.8) is 0 Å². The van der Waals surface area contributed by atoms with E-state index in [-0.39, 0.29) is 6.61 Å². The number of ether oxygens (including phenoxy) is 1. The summed E-state index contributed by atoms with van der Waals surface area (Å²) in [5.41, 5.74) is 0.782. The molecule has 0 fully saturated rings. The molecule has 0 aliphatic carbocycles. The number of hydrogen-bond acceptors (Lipinski definition) is 3. The number of para-hydroxylation sites is 1. The van der Waals surface area contributed by atoms with Crippen LogP contribution in [0.3, 0.4) is 0 Å². The summed E-state index contributed by atoms with van der Waals surface area (Å²) >= 11 is 3.42. The van der Waals surface area contributed by atoms with Gasteiger partial charge in [-0.2, -0.15) is 0 Å². The fourth-order valence-corrected chi connectivity index (χ4v) is 2.24. The highest BCUT2D eigenvalue weighted by Gasteiger charge is 2.08. The summed E-state index contributed by atoms with van der Waals surface area (Å²) in [6, 6.07) is 5.62. The third kappa shape index (κ3) is 2.91. The average Bonchev–Trinajstić information content (AvgIpc) is 2.77. The van der Waals surface area contributed by atoms with Gasteiger partial charge < -0.3 is 14.4 Å². The quantitative estimate of drug-likeness (QED) is 0.922. The molecule has 1 heterocycles. The molecule has 0 aliphatic heterocycles. The van der Waals surface area contributed by atoms with Gasteiger partial charge in [0.2, 0.25) is 0 Å². The normalized spacial score (nSPS) is 10.6. The van der Waals surface area contributed by atoms with Crippen molar-refractivity contribution >= 4 is 15.9 Å². The van der Waals surface area contributed by atoms with E-state index in [1.165, 1.54) is 0 Å². The highest BCUT2D eigenvalue weighted by molar-refractivity contribution is 9.10. The van der Waals surface area contributed by atoms with E-state index in [9.17, 15) is 5.11 Å². The van der Waals surface area contributed by atoms with Crippen molar-refractivity contribution in [3.8, 4) is 5.75 Å². The van der Waals surface area contributed by atoms with Gasteiger partial charge in [-0.25, -0.2) is 4.98 Å². The zero-order valence-corrected chi connectivity index (χ0v) is 11.7. The fraction of sp³-hybridized carbons (Fsp3) is 0.308. The van der Waals surface area contributed by atoms with Crippen LogP contribution < -0.4 is 4.74 Å². The molecule has 1 N–H and O–H groups in total. The Morgan fingerprint density at radius 1 is 1.44 bits per heavy atom. The van der Waals surface area contributed by atoms with Crippen LogP contribution in [-0.4, -0.2) is 21.3 Å². The van der Waals surface area contributed by atoms with Crippen molar-refractivity contribution in [2.24, 2.45) is 7.05 Å². The molecule has 2 rings (SSSR count). The van der Waals surface area contributed by atoms with Gasteiger partial charge in [-0.1, -0.05) is 12.1 Å². The minimum absolute atomic E-state index is 0.0306. The number of aliphatic hydroxyl groups excluding tert-OH is 1. The van der Waals surface area contributed by atoms with E-state index < -0.39 is 0 Å². The van der Waals surface area contributed by atoms with Gasteiger partial charge in [-0.3, -0.25) is 0 Å². The molecule has 0 aliphatic rings. The molecule has 5 heteroatoms. The van der Waals surface area contributed by atoms with Crippen LogP contribution in [0.5, 0.6) is 5.75 Å². The Kier molecular flexibility index (Phi) is 4.38. The largest absolute Gasteiger partial charge is 0.492 e. The van der Waals surface area contributed by atoms with E-state index >= 15 is 0 Å². The van der Waals surface area contributed by atoms with Crippen molar-refractivity contribution in [3.05, 3.63) is 46.5 Å². The molecule has 2 aromatic rings. The van der Waals surface area contributed by atoms with E-state index in [0.29, 0.717) is 12.4 Å². The fourth-order valence-electron chi connectivity index (χ4n) is 1.72. The summed E-state index contributed by atoms with van der Waals surface area (Å²) in [7, 11) is 1.96. The number of halogens is 1. The highest BCUT2D eigenvalue weighted by Crippen LogP contribution is 2.29. The average molecular weight is 311 g/mol. The second-order valence-electron chi connectivity index (χ2n) is 3.94. The molecule has 0 saturated carbocycles. The molecule has 1 aromatic carbocycles. The Balaban J connectivity index is 2.00. The van der Waals surface area contributed by atoms with Crippen LogP contribution in [-0.2, 0) is 20.1 Å². The molecule has 0 unspecified atom stereocenters. The van der Waals surface area contributed by atoms with Crippen molar-refractivity contribution in [1.82, 2.24) is 9.55 Å². The van der Waals surface area contributed by atoms with Crippen molar-refractivity contribution in [1.29, 1.82) is 0 Å². The first kappa shape index (κ1) is 13.1. The maximum Gasteiger partial charge on any atom is 0.138 e. The summed E-state index contributed by atoms with van der Waals surface area (Å²) in [6.07, 6.45) is 4.41. The van der Waals surface area contributed by atoms with E-state index in [1.54, 1.807) is 6.20 Å². The number of rotatable bonds is 5. The van der Waals surface area contributed by atoms with Crippen LogP contribution in [0, 0.1) is 0 Å². The summed E-state index contributed by atoms with van der Waals surface area (Å²) in [4.78, 5) is 4.23. The van der Waals surface area contributed by atoms with Gasteiger partial charge in [0.25, 0.3) is 0 Å². The van der Waals surface area contributed by atoms with Crippen LogP contribution in [0.1, 0.15) is 11.4 Å². The minimum atomic E-state index is -0.0306. The monoisotopic (exact) mass is 310 g/mol. The topological polar surface area (TPSA) is 47.3 Å². The smallest absolute Gasteiger partial charge is 0.138 e. The van der Waals surface area contributed by atoms with E-state index in [4.69, 9.17) is 4.74 Å². The zero-order chi connectivity index (χ0) is 13.0. The second kappa shape index (κ2) is 6.02. The Bertz CT molecular complexity index is 525. The highest BCUT2D eigenvalue weighted by atomic mass is 79.9. The molecule has 4 nitrogen and oxygen atoms in total. The van der Waals surface area contributed by atoms with Gasteiger partial charge in [-0.05, 0) is 22.0 Å². The predicted molar refractivity (Wildman–Crippen MR) is 72.5 cm³/mol. The maximum atomic E-state index is 9.25. The standard InChI is InChI=1S/C13H15BrN2O2/c1-16-7-6-15-12(16)5-8-18-13-10(9-17)3-2-4-11(13)14/h2-4,6-7,17H,5,8-9H2,1H3. The first-order chi connectivity index (χ1) is 8.72. The Labute approximate surface area is 114 Å². The Morgan fingerprint density at radius 3 is 2.94 bits per heavy atom. The third-order valence-corrected chi connectivity index (χ3v) is 3.34. The summed E-state index contributed by atoms with van der Waals surface area (Å²) in [6.45, 7) is 0.498. The maximum absolute atomic E-state index is 9.25. The number of aromatic nitrogens is 2. The van der Waals surface area contributed by atoms with E-state index in [0.717, 1.165) is 22.3 Å². The van der Waals surface area contributed by atoms with Crippen LogP contribution in [0.2, 0.25) is 0 Å². The molecule has 18 heavy (non-hydrogen) atoms. The number of aryl methyl sites for hydroxylation is 1. The lowest BCUT2D eigenvalue weighted by molar-refractivity contribution is 0.262. The summed E-state index contributed by atoms with van der Waals surface area (Å²) < 4.78 is 8.55. The van der Waals surface area contributed by atoms with Gasteiger partial charge in [0, 0.05) is 31.4 Å². The molecule has 0 radical (unpaired) electrons. The molecule has 1 aromatic heterocycles. The molecule has 0 bridgehead atoms. The van der Waals surface area contributed by atoms with Crippen LogP contribution in [0.4, 0.5) is 0 Å². The van der Waals surface area contributed by atoms with Crippen molar-refractivity contribution in [2.75, 3.05) is 6.61 Å². The van der Waals surface area contributed by atoms with Gasteiger partial charge >= 0.3 is 0 Å². The molecular weight excluding hydrogens is 296 g/mol. The first-order valence-electron chi connectivity index (χ1n) is 5.69. The Morgan fingerprint density at radius 2 is 2.28 bits per heavy atom. The van der Waals surface area contributed by atoms with E-state index in [1.807, 2.05) is 36.0 Å². The van der Waals surface area contributed by atoms with Gasteiger partial charge in [0.15, 0.2) is 0 Å². The molecule has 0 amide bonds. The Hall–Kier alpha value is -1.33. The first-order valence-corrected chi connectivity index (χ1v) is 6.49. The molecular formula is C13H15BrN2O2. The molecule has 0 atom stereocenters. The minimum Gasteiger partial charge on any atom is -0.492 e. The number of benzene rings is 1. The van der Waals surface area contributed by atoms with Gasteiger partial charge in [0.05, 0.1) is 17.7 Å². The SMILES string of the molecule is Cn1ccnc1CCOc1c(Br)cccc1CO. The summed E-state index contributed by atoms with van der Waals surface area (Å²) in [5, 5.41) is 9.25. The molecule has 96 valence electrons. The molecule has 0 saturated heterocycles. The van der Waals surface area contributed by atoms with Crippen LogP contribution in [0.15, 0.2) is 35.1 Å². The van der Waals surface area contributed by atoms with Crippen molar-refractivity contribution < 1.29 is 9.84 Å². The number of aliphatic hydroxyl groups is 1. The third-order valence-electron chi connectivity index (χ3n) is 2.71. The zero-order valence-electron chi connectivity index (χ0n) is 10.1. The second-order valence-corrected chi connectivity index (χ2v) is 4.79. The van der Waals surface area contributed by atoms with Gasteiger partial charge in [0.1, 0.15) is 11.6 Å².